The minimum Gasteiger partial charge on any atom is -0.496 e. The first-order chi connectivity index (χ1) is 9.10. The molecule has 1 N–H and O–H groups in total. The van der Waals surface area contributed by atoms with Crippen molar-refractivity contribution < 1.29 is 14.6 Å². The minimum absolute atomic E-state index is 0.0478. The van der Waals surface area contributed by atoms with E-state index < -0.39 is 0 Å². The molecule has 106 valence electrons. The highest BCUT2D eigenvalue weighted by atomic mass is 79.9. The van der Waals surface area contributed by atoms with Crippen LogP contribution in [0.15, 0.2) is 22.7 Å². The van der Waals surface area contributed by atoms with Crippen LogP contribution >= 0.6 is 15.9 Å². The summed E-state index contributed by atoms with van der Waals surface area (Å²) in [5.74, 6) is 0.523. The van der Waals surface area contributed by atoms with Gasteiger partial charge in [0, 0.05) is 24.7 Å². The molecule has 0 atom stereocenters. The number of nitrogens with zero attached hydrogens (tertiary/aromatic N) is 1. The largest absolute Gasteiger partial charge is 0.496 e. The van der Waals surface area contributed by atoms with Crippen LogP contribution in [-0.4, -0.2) is 43.2 Å². The number of amides is 1. The molecule has 0 aliphatic heterocycles. The van der Waals surface area contributed by atoms with Crippen molar-refractivity contribution >= 4 is 21.8 Å². The average molecular weight is 330 g/mol. The Labute approximate surface area is 122 Å². The molecular weight excluding hydrogens is 310 g/mol. The Morgan fingerprint density at radius 2 is 2.11 bits per heavy atom. The summed E-state index contributed by atoms with van der Waals surface area (Å²) in [6.45, 7) is 0.885. The van der Waals surface area contributed by atoms with E-state index >= 15 is 0 Å². The van der Waals surface area contributed by atoms with E-state index in [-0.39, 0.29) is 12.5 Å². The topological polar surface area (TPSA) is 49.8 Å². The highest BCUT2D eigenvalue weighted by Crippen LogP contribution is 2.24. The van der Waals surface area contributed by atoms with Crippen LogP contribution in [0.5, 0.6) is 5.75 Å². The van der Waals surface area contributed by atoms with Gasteiger partial charge in [0.25, 0.3) is 5.91 Å². The molecule has 1 rings (SSSR count). The maximum absolute atomic E-state index is 12.3. The van der Waals surface area contributed by atoms with Gasteiger partial charge in [-0.05, 0) is 37.5 Å². The van der Waals surface area contributed by atoms with E-state index in [1.807, 2.05) is 6.07 Å². The standard InChI is InChI=1S/C14H20BrNO3/c1-16(8-4-3-5-9-17)14(18)12-7-6-11(15)10-13(12)19-2/h6-7,10,17H,3-5,8-9H2,1-2H3. The molecule has 0 spiro atoms. The van der Waals surface area contributed by atoms with E-state index in [1.54, 1.807) is 31.2 Å². The lowest BCUT2D eigenvalue weighted by Gasteiger charge is -2.18. The first kappa shape index (κ1) is 16.0. The van der Waals surface area contributed by atoms with Gasteiger partial charge in [0.05, 0.1) is 12.7 Å². The first-order valence-corrected chi connectivity index (χ1v) is 7.09. The number of hydrogen-bond acceptors (Lipinski definition) is 3. The van der Waals surface area contributed by atoms with Crippen LogP contribution in [0.3, 0.4) is 0 Å². The summed E-state index contributed by atoms with van der Waals surface area (Å²) in [4.78, 5) is 14.0. The monoisotopic (exact) mass is 329 g/mol. The summed E-state index contributed by atoms with van der Waals surface area (Å²) in [5, 5.41) is 8.71. The summed E-state index contributed by atoms with van der Waals surface area (Å²) in [6.07, 6.45) is 2.59. The molecule has 0 saturated carbocycles. The van der Waals surface area contributed by atoms with Crippen molar-refractivity contribution in [2.45, 2.75) is 19.3 Å². The predicted octanol–water partition coefficient (Wildman–Crippen LogP) is 2.69. The quantitative estimate of drug-likeness (QED) is 0.782. The summed E-state index contributed by atoms with van der Waals surface area (Å²) in [5.41, 5.74) is 0.565. The van der Waals surface area contributed by atoms with Crippen molar-refractivity contribution in [3.63, 3.8) is 0 Å². The van der Waals surface area contributed by atoms with Gasteiger partial charge >= 0.3 is 0 Å². The zero-order chi connectivity index (χ0) is 14.3. The molecule has 19 heavy (non-hydrogen) atoms. The van der Waals surface area contributed by atoms with Crippen molar-refractivity contribution in [1.82, 2.24) is 4.90 Å². The molecule has 1 amide bonds. The fraction of sp³-hybridized carbons (Fsp3) is 0.500. The highest BCUT2D eigenvalue weighted by molar-refractivity contribution is 9.10. The SMILES string of the molecule is COc1cc(Br)ccc1C(=O)N(C)CCCCCO. The molecule has 0 bridgehead atoms. The van der Waals surface area contributed by atoms with Crippen LogP contribution in [-0.2, 0) is 0 Å². The Morgan fingerprint density at radius 3 is 2.74 bits per heavy atom. The minimum atomic E-state index is -0.0478. The number of carbonyl (C=O) groups excluding carboxylic acids is 1. The lowest BCUT2D eigenvalue weighted by molar-refractivity contribution is 0.0789. The molecule has 0 radical (unpaired) electrons. The third kappa shape index (κ3) is 4.84. The Hall–Kier alpha value is -1.07. The van der Waals surface area contributed by atoms with Crippen LogP contribution in [0.4, 0.5) is 0 Å². The van der Waals surface area contributed by atoms with Crippen LogP contribution in [0.1, 0.15) is 29.6 Å². The predicted molar refractivity (Wildman–Crippen MR) is 78.6 cm³/mol. The van der Waals surface area contributed by atoms with Gasteiger partial charge in [-0.25, -0.2) is 0 Å². The van der Waals surface area contributed by atoms with Crippen molar-refractivity contribution in [3.05, 3.63) is 28.2 Å². The van der Waals surface area contributed by atoms with Crippen LogP contribution in [0, 0.1) is 0 Å². The van der Waals surface area contributed by atoms with Gasteiger partial charge in [-0.1, -0.05) is 15.9 Å². The molecule has 0 aromatic heterocycles. The zero-order valence-electron chi connectivity index (χ0n) is 11.4. The fourth-order valence-corrected chi connectivity index (χ4v) is 2.13. The lowest BCUT2D eigenvalue weighted by Crippen LogP contribution is -2.28. The molecule has 0 aliphatic carbocycles. The third-order valence-electron chi connectivity index (χ3n) is 2.89. The number of hydrogen-bond donors (Lipinski definition) is 1. The highest BCUT2D eigenvalue weighted by Gasteiger charge is 2.16. The third-order valence-corrected chi connectivity index (χ3v) is 3.39. The number of methoxy groups -OCH3 is 1. The van der Waals surface area contributed by atoms with Crippen molar-refractivity contribution in [1.29, 1.82) is 0 Å². The summed E-state index contributed by atoms with van der Waals surface area (Å²) in [7, 11) is 3.34. The molecule has 0 saturated heterocycles. The number of rotatable bonds is 7. The zero-order valence-corrected chi connectivity index (χ0v) is 12.9. The second-order valence-corrected chi connectivity index (χ2v) is 5.27. The van der Waals surface area contributed by atoms with E-state index in [1.165, 1.54) is 0 Å². The normalized spacial score (nSPS) is 10.3. The van der Waals surface area contributed by atoms with E-state index in [9.17, 15) is 4.79 Å². The Kier molecular flexibility index (Phi) is 6.87. The van der Waals surface area contributed by atoms with E-state index in [0.717, 1.165) is 23.7 Å². The second-order valence-electron chi connectivity index (χ2n) is 4.36. The molecule has 5 heteroatoms. The van der Waals surface area contributed by atoms with Gasteiger partial charge in [-0.3, -0.25) is 4.79 Å². The number of halogens is 1. The summed E-state index contributed by atoms with van der Waals surface area (Å²) < 4.78 is 6.11. The van der Waals surface area contributed by atoms with E-state index in [4.69, 9.17) is 9.84 Å². The Balaban J connectivity index is 2.66. The van der Waals surface area contributed by atoms with Crippen molar-refractivity contribution in [2.24, 2.45) is 0 Å². The number of carbonyl (C=O) groups is 1. The van der Waals surface area contributed by atoms with Gasteiger partial charge in [0.1, 0.15) is 5.75 Å². The van der Waals surface area contributed by atoms with Crippen LogP contribution in [0.25, 0.3) is 0 Å². The smallest absolute Gasteiger partial charge is 0.257 e. The second kappa shape index (κ2) is 8.17. The van der Waals surface area contributed by atoms with Gasteiger partial charge < -0.3 is 14.7 Å². The molecule has 1 aromatic carbocycles. The van der Waals surface area contributed by atoms with Gasteiger partial charge in [-0.2, -0.15) is 0 Å². The Morgan fingerprint density at radius 1 is 1.37 bits per heavy atom. The number of aliphatic hydroxyl groups is 1. The Bertz CT molecular complexity index is 423. The molecule has 1 aromatic rings. The maximum Gasteiger partial charge on any atom is 0.257 e. The van der Waals surface area contributed by atoms with Crippen molar-refractivity contribution in [2.75, 3.05) is 27.3 Å². The van der Waals surface area contributed by atoms with Crippen LogP contribution in [0.2, 0.25) is 0 Å². The van der Waals surface area contributed by atoms with Crippen molar-refractivity contribution in [3.8, 4) is 5.75 Å². The molecule has 0 aliphatic rings. The number of ether oxygens (including phenoxy) is 1. The summed E-state index contributed by atoms with van der Waals surface area (Å²) in [6, 6.07) is 5.37. The molecule has 0 unspecified atom stereocenters. The van der Waals surface area contributed by atoms with Gasteiger partial charge in [0.2, 0.25) is 0 Å². The summed E-state index contributed by atoms with van der Waals surface area (Å²) >= 11 is 3.35. The van der Waals surface area contributed by atoms with E-state index in [2.05, 4.69) is 15.9 Å². The van der Waals surface area contributed by atoms with Crippen LogP contribution < -0.4 is 4.74 Å². The van der Waals surface area contributed by atoms with Gasteiger partial charge in [-0.15, -0.1) is 0 Å². The molecular formula is C14H20BrNO3. The molecule has 4 nitrogen and oxygen atoms in total. The first-order valence-electron chi connectivity index (χ1n) is 6.30. The van der Waals surface area contributed by atoms with E-state index in [0.29, 0.717) is 17.9 Å². The molecule has 0 fully saturated rings. The fourth-order valence-electron chi connectivity index (χ4n) is 1.79. The van der Waals surface area contributed by atoms with Gasteiger partial charge in [0.15, 0.2) is 0 Å². The number of unbranched alkanes of at least 4 members (excludes halogenated alkanes) is 2. The lowest BCUT2D eigenvalue weighted by atomic mass is 10.1. The molecule has 0 heterocycles. The average Bonchev–Trinajstić information content (AvgIpc) is 2.42. The number of aliphatic hydroxyl groups excluding tert-OH is 1. The number of benzene rings is 1. The maximum atomic E-state index is 12.3.